The molecule has 4 aromatic rings. The number of fused-ring (bicyclic) bond motifs is 3. The maximum absolute atomic E-state index is 13.3. The second-order valence-corrected chi connectivity index (χ2v) is 10.8. The van der Waals surface area contributed by atoms with Crippen LogP contribution in [0.4, 0.5) is 0 Å². The Kier molecular flexibility index (Phi) is 5.56. The van der Waals surface area contributed by atoms with Crippen LogP contribution in [-0.2, 0) is 31.8 Å². The van der Waals surface area contributed by atoms with Gasteiger partial charge < -0.3 is 23.5 Å². The summed E-state index contributed by atoms with van der Waals surface area (Å²) >= 11 is 6.32. The molecular weight excluding hydrogens is 506 g/mol. The molecule has 8 nitrogen and oxygen atoms in total. The molecule has 0 spiro atoms. The minimum Gasteiger partial charge on any atom is -0.451 e. The first-order chi connectivity index (χ1) is 18.4. The molecule has 0 saturated carbocycles. The smallest absolute Gasteiger partial charge is 0.338 e. The lowest BCUT2D eigenvalue weighted by molar-refractivity contribution is -0.207. The standard InChI is InChI=1S/C29H26ClN3O5/c1-29(2)37-23-22(35-27(24(23)38-29)33-13-12-20-25(30)31-15-32-26(20)33)21(19-11-9-16-8-10-18(16)14-19)36-28(34)17-6-4-3-5-7-17/h3-7,9,11-15,21-24,27H,8,10H2,1-2H3/t21-,22-,23-,24-,27-/m1/s1. The third-order valence-corrected chi connectivity index (χ3v) is 7.87. The summed E-state index contributed by atoms with van der Waals surface area (Å²) < 4.78 is 27.6. The van der Waals surface area contributed by atoms with Crippen LogP contribution < -0.4 is 0 Å². The van der Waals surface area contributed by atoms with Crippen molar-refractivity contribution in [1.82, 2.24) is 14.5 Å². The molecule has 0 unspecified atom stereocenters. The monoisotopic (exact) mass is 531 g/mol. The number of aryl methyl sites for hydroxylation is 2. The molecule has 2 saturated heterocycles. The van der Waals surface area contributed by atoms with Crippen LogP contribution in [0, 0.1) is 0 Å². The summed E-state index contributed by atoms with van der Waals surface area (Å²) in [5.74, 6) is -1.27. The first-order valence-electron chi connectivity index (χ1n) is 12.7. The highest BCUT2D eigenvalue weighted by molar-refractivity contribution is 6.33. The number of rotatable bonds is 5. The second-order valence-electron chi connectivity index (χ2n) is 10.4. The molecule has 9 heteroatoms. The molecule has 0 amide bonds. The van der Waals surface area contributed by atoms with Crippen molar-refractivity contribution in [3.05, 3.63) is 94.5 Å². The number of carbonyl (C=O) groups is 1. The van der Waals surface area contributed by atoms with Crippen molar-refractivity contribution in [3.8, 4) is 0 Å². The van der Waals surface area contributed by atoms with Gasteiger partial charge >= 0.3 is 5.97 Å². The van der Waals surface area contributed by atoms with E-state index in [1.165, 1.54) is 17.5 Å². The Hall–Kier alpha value is -3.30. The summed E-state index contributed by atoms with van der Waals surface area (Å²) in [5.41, 5.74) is 4.55. The van der Waals surface area contributed by atoms with Crippen molar-refractivity contribution in [1.29, 1.82) is 0 Å². The number of halogens is 1. The summed E-state index contributed by atoms with van der Waals surface area (Å²) in [7, 11) is 0. The third kappa shape index (κ3) is 3.91. The Morgan fingerprint density at radius 3 is 2.61 bits per heavy atom. The number of hydrogen-bond donors (Lipinski definition) is 0. The number of ether oxygens (including phenoxy) is 4. The van der Waals surface area contributed by atoms with Gasteiger partial charge in [0.25, 0.3) is 0 Å². The van der Waals surface area contributed by atoms with Gasteiger partial charge in [-0.1, -0.05) is 48.0 Å². The van der Waals surface area contributed by atoms with Gasteiger partial charge in [-0.15, -0.1) is 0 Å². The van der Waals surface area contributed by atoms with Crippen LogP contribution in [0.25, 0.3) is 11.0 Å². The molecule has 38 heavy (non-hydrogen) atoms. The van der Waals surface area contributed by atoms with Crippen molar-refractivity contribution in [2.75, 3.05) is 0 Å². The molecule has 2 aromatic carbocycles. The number of esters is 1. The Balaban J connectivity index is 1.30. The van der Waals surface area contributed by atoms with Gasteiger partial charge in [-0.2, -0.15) is 0 Å². The van der Waals surface area contributed by atoms with Crippen LogP contribution in [0.5, 0.6) is 0 Å². The van der Waals surface area contributed by atoms with Gasteiger partial charge in [0.1, 0.15) is 35.4 Å². The molecule has 1 aliphatic carbocycles. The Morgan fingerprint density at radius 1 is 1.05 bits per heavy atom. The van der Waals surface area contributed by atoms with Gasteiger partial charge in [0.15, 0.2) is 18.1 Å². The van der Waals surface area contributed by atoms with E-state index in [2.05, 4.69) is 22.1 Å². The Morgan fingerprint density at radius 2 is 1.84 bits per heavy atom. The van der Waals surface area contributed by atoms with Gasteiger partial charge in [0.2, 0.25) is 0 Å². The van der Waals surface area contributed by atoms with E-state index in [1.807, 2.05) is 54.9 Å². The fraction of sp³-hybridized carbons (Fsp3) is 0.345. The van der Waals surface area contributed by atoms with E-state index in [1.54, 1.807) is 12.1 Å². The van der Waals surface area contributed by atoms with Crippen LogP contribution in [0.1, 0.15) is 53.2 Å². The zero-order valence-corrected chi connectivity index (χ0v) is 21.7. The van der Waals surface area contributed by atoms with Crippen molar-refractivity contribution >= 4 is 28.6 Å². The van der Waals surface area contributed by atoms with Gasteiger partial charge in [0.05, 0.1) is 10.9 Å². The van der Waals surface area contributed by atoms with Crippen LogP contribution >= 0.6 is 11.6 Å². The lowest BCUT2D eigenvalue weighted by Crippen LogP contribution is -2.36. The van der Waals surface area contributed by atoms with Crippen molar-refractivity contribution in [2.24, 2.45) is 0 Å². The van der Waals surface area contributed by atoms with Crippen LogP contribution in [0.2, 0.25) is 5.15 Å². The van der Waals surface area contributed by atoms with E-state index < -0.39 is 42.4 Å². The molecule has 2 fully saturated rings. The number of carbonyl (C=O) groups excluding carboxylic acids is 1. The first-order valence-corrected chi connectivity index (χ1v) is 13.1. The average Bonchev–Trinajstić information content (AvgIpc) is 3.55. The normalized spacial score (nSPS) is 26.0. The van der Waals surface area contributed by atoms with Crippen LogP contribution in [-0.4, -0.2) is 44.6 Å². The first kappa shape index (κ1) is 23.8. The maximum Gasteiger partial charge on any atom is 0.338 e. The summed E-state index contributed by atoms with van der Waals surface area (Å²) in [6.45, 7) is 3.75. The number of hydrogen-bond acceptors (Lipinski definition) is 7. The van der Waals surface area contributed by atoms with E-state index in [9.17, 15) is 4.79 Å². The molecule has 4 heterocycles. The van der Waals surface area contributed by atoms with Gasteiger partial charge in [-0.3, -0.25) is 0 Å². The highest BCUT2D eigenvalue weighted by Gasteiger charge is 2.59. The summed E-state index contributed by atoms with van der Waals surface area (Å²) in [6, 6.07) is 17.1. The highest BCUT2D eigenvalue weighted by atomic mass is 35.5. The summed E-state index contributed by atoms with van der Waals surface area (Å²) in [5, 5.41) is 1.07. The molecule has 3 aliphatic rings. The van der Waals surface area contributed by atoms with E-state index in [0.717, 1.165) is 18.4 Å². The summed E-state index contributed by atoms with van der Waals surface area (Å²) in [4.78, 5) is 21.8. The van der Waals surface area contributed by atoms with Gasteiger partial charge in [0, 0.05) is 6.20 Å². The molecule has 2 aliphatic heterocycles. The molecule has 7 rings (SSSR count). The third-order valence-electron chi connectivity index (χ3n) is 7.56. The molecule has 0 N–H and O–H groups in total. The predicted octanol–water partition coefficient (Wildman–Crippen LogP) is 5.20. The van der Waals surface area contributed by atoms with E-state index in [0.29, 0.717) is 21.7 Å². The molecule has 2 aromatic heterocycles. The number of nitrogens with zero attached hydrogens (tertiary/aromatic N) is 3. The largest absolute Gasteiger partial charge is 0.451 e. The van der Waals surface area contributed by atoms with Crippen LogP contribution in [0.3, 0.4) is 0 Å². The maximum atomic E-state index is 13.3. The fourth-order valence-electron chi connectivity index (χ4n) is 5.69. The Bertz CT molecular complexity index is 1540. The molecule has 0 radical (unpaired) electrons. The fourth-order valence-corrected chi connectivity index (χ4v) is 5.89. The topological polar surface area (TPSA) is 84.7 Å². The molecule has 194 valence electrons. The number of benzene rings is 2. The van der Waals surface area contributed by atoms with E-state index >= 15 is 0 Å². The molecule has 5 atom stereocenters. The van der Waals surface area contributed by atoms with Crippen LogP contribution in [0.15, 0.2) is 67.1 Å². The van der Waals surface area contributed by atoms with Crippen molar-refractivity contribution in [2.45, 2.75) is 63.1 Å². The van der Waals surface area contributed by atoms with E-state index in [4.69, 9.17) is 30.5 Å². The highest BCUT2D eigenvalue weighted by Crippen LogP contribution is 2.48. The lowest BCUT2D eigenvalue weighted by atomic mass is 9.85. The zero-order valence-electron chi connectivity index (χ0n) is 20.9. The minimum absolute atomic E-state index is 0.362. The Labute approximate surface area is 224 Å². The van der Waals surface area contributed by atoms with Gasteiger partial charge in [-0.25, -0.2) is 14.8 Å². The lowest BCUT2D eigenvalue weighted by Gasteiger charge is -2.30. The minimum atomic E-state index is -0.848. The SMILES string of the molecule is CC1(C)O[C@H]2[C@@H](O1)[C@H](n1ccc3c(Cl)ncnc31)O[C@@H]2[C@H](OC(=O)c1ccccc1)c1ccc2c(c1)CC2. The van der Waals surface area contributed by atoms with Crippen molar-refractivity contribution in [3.63, 3.8) is 0 Å². The molecule has 0 bridgehead atoms. The second kappa shape index (κ2) is 8.88. The van der Waals surface area contributed by atoms with Crippen molar-refractivity contribution < 1.29 is 23.7 Å². The van der Waals surface area contributed by atoms with Gasteiger partial charge in [-0.05, 0) is 61.6 Å². The number of aromatic nitrogens is 3. The van der Waals surface area contributed by atoms with E-state index in [-0.39, 0.29) is 0 Å². The quantitative estimate of drug-likeness (QED) is 0.258. The average molecular weight is 532 g/mol. The predicted molar refractivity (Wildman–Crippen MR) is 139 cm³/mol. The summed E-state index contributed by atoms with van der Waals surface area (Å²) in [6.07, 6.45) is 2.45. The molecular formula is C29H26ClN3O5. The zero-order chi connectivity index (χ0) is 26.0.